The van der Waals surface area contributed by atoms with Gasteiger partial charge in [-0.25, -0.2) is 20.0 Å². The lowest BCUT2D eigenvalue weighted by molar-refractivity contribution is 1.28. The Morgan fingerprint density at radius 2 is 0.867 bits per heavy atom. The van der Waals surface area contributed by atoms with Crippen molar-refractivity contribution in [1.82, 2.24) is 9.97 Å². The molecule has 4 heteroatoms. The van der Waals surface area contributed by atoms with Crippen LogP contribution in [0.1, 0.15) is 22.3 Å². The van der Waals surface area contributed by atoms with Crippen LogP contribution in [0.2, 0.25) is 0 Å². The van der Waals surface area contributed by atoms with Crippen LogP contribution in [0.25, 0.3) is 12.2 Å². The van der Waals surface area contributed by atoms with E-state index in [1.165, 1.54) is 0 Å². The predicted molar refractivity (Wildman–Crippen MR) is 125 cm³/mol. The molecule has 0 radical (unpaired) electrons. The Kier molecular flexibility index (Phi) is 6.28. The minimum atomic E-state index is 0.704. The van der Waals surface area contributed by atoms with E-state index in [0.29, 0.717) is 11.6 Å². The van der Waals surface area contributed by atoms with Crippen molar-refractivity contribution in [3.05, 3.63) is 120 Å². The molecule has 0 unspecified atom stereocenters. The lowest BCUT2D eigenvalue weighted by Crippen LogP contribution is -1.83. The monoisotopic (exact) mass is 388 g/mol. The summed E-state index contributed by atoms with van der Waals surface area (Å²) in [4.78, 5) is 17.1. The molecule has 4 rings (SSSR count). The van der Waals surface area contributed by atoms with Gasteiger partial charge in [-0.2, -0.15) is 0 Å². The van der Waals surface area contributed by atoms with E-state index in [2.05, 4.69) is 56.4 Å². The van der Waals surface area contributed by atoms with Crippen molar-refractivity contribution in [1.29, 1.82) is 0 Å². The number of pyridine rings is 2. The molecule has 4 nitrogen and oxygen atoms in total. The van der Waals surface area contributed by atoms with Crippen LogP contribution in [-0.4, -0.2) is 22.4 Å². The first-order valence-electron chi connectivity index (χ1n) is 9.64. The number of rotatable bonds is 6. The molecule has 4 aromatic rings. The number of aromatic nitrogens is 2. The van der Waals surface area contributed by atoms with Gasteiger partial charge in [0.05, 0.1) is 0 Å². The lowest BCUT2D eigenvalue weighted by atomic mass is 10.1. The van der Waals surface area contributed by atoms with Crippen molar-refractivity contribution < 1.29 is 0 Å². The molecule has 0 saturated heterocycles. The minimum absolute atomic E-state index is 0.704. The Balaban J connectivity index is 1.36. The van der Waals surface area contributed by atoms with E-state index in [1.54, 1.807) is 12.4 Å². The number of hydrogen-bond acceptors (Lipinski definition) is 4. The molecule has 0 aliphatic rings. The Morgan fingerprint density at radius 3 is 1.23 bits per heavy atom. The molecule has 0 amide bonds. The second-order valence-electron chi connectivity index (χ2n) is 6.56. The highest BCUT2D eigenvalue weighted by atomic mass is 14.9. The van der Waals surface area contributed by atoms with Crippen LogP contribution in [0.3, 0.4) is 0 Å². The van der Waals surface area contributed by atoms with E-state index >= 15 is 0 Å². The first-order chi connectivity index (χ1) is 14.8. The average molecular weight is 388 g/mol. The summed E-state index contributed by atoms with van der Waals surface area (Å²) in [7, 11) is 0. The molecule has 2 heterocycles. The van der Waals surface area contributed by atoms with Crippen LogP contribution in [0, 0.1) is 0 Å². The molecule has 2 aromatic carbocycles. The molecule has 0 saturated carbocycles. The third kappa shape index (κ3) is 5.66. The molecule has 0 atom stereocenters. The third-order valence-corrected chi connectivity index (χ3v) is 4.33. The normalized spacial score (nSPS) is 11.6. The van der Waals surface area contributed by atoms with Crippen LogP contribution >= 0.6 is 0 Å². The summed E-state index contributed by atoms with van der Waals surface area (Å²) < 4.78 is 0. The van der Waals surface area contributed by atoms with Gasteiger partial charge in [0.2, 0.25) is 0 Å². The van der Waals surface area contributed by atoms with Gasteiger partial charge >= 0.3 is 0 Å². The summed E-state index contributed by atoms with van der Waals surface area (Å²) in [6.07, 6.45) is 11.3. The Labute approximate surface area is 176 Å². The largest absolute Gasteiger partial charge is 0.237 e. The standard InChI is InChI=1S/C26H20N4/c1-3-17-27-25(5-1)29-19-23-13-9-21(10-14-23)7-8-22-11-15-24(16-12-22)20-30-26-6-2-4-18-28-26/h1-20H/b8-7+,29-19?,30-20?. The number of aliphatic imine (C=N–C) groups is 2. The van der Waals surface area contributed by atoms with Gasteiger partial charge in [0.15, 0.2) is 11.6 Å². The average Bonchev–Trinajstić information content (AvgIpc) is 2.83. The lowest BCUT2D eigenvalue weighted by Gasteiger charge is -1.98. The zero-order valence-electron chi connectivity index (χ0n) is 16.3. The second-order valence-corrected chi connectivity index (χ2v) is 6.56. The molecule has 0 aliphatic carbocycles. The first-order valence-corrected chi connectivity index (χ1v) is 9.64. The molecule has 144 valence electrons. The molecule has 0 bridgehead atoms. The zero-order valence-corrected chi connectivity index (χ0v) is 16.3. The van der Waals surface area contributed by atoms with Gasteiger partial charge in [-0.1, -0.05) is 72.8 Å². The smallest absolute Gasteiger partial charge is 0.151 e. The van der Waals surface area contributed by atoms with E-state index in [4.69, 9.17) is 0 Å². The van der Waals surface area contributed by atoms with E-state index in [-0.39, 0.29) is 0 Å². The van der Waals surface area contributed by atoms with Crippen molar-refractivity contribution in [2.45, 2.75) is 0 Å². The van der Waals surface area contributed by atoms with Gasteiger partial charge in [-0.3, -0.25) is 0 Å². The van der Waals surface area contributed by atoms with Crippen LogP contribution in [0.4, 0.5) is 11.6 Å². The van der Waals surface area contributed by atoms with Crippen molar-refractivity contribution in [3.8, 4) is 0 Å². The van der Waals surface area contributed by atoms with E-state index in [9.17, 15) is 0 Å². The molecule has 0 N–H and O–H groups in total. The number of benzene rings is 2. The fourth-order valence-electron chi connectivity index (χ4n) is 2.72. The summed E-state index contributed by atoms with van der Waals surface area (Å²) in [5, 5.41) is 0. The minimum Gasteiger partial charge on any atom is -0.237 e. The highest BCUT2D eigenvalue weighted by molar-refractivity contribution is 5.83. The molecule has 0 fully saturated rings. The summed E-state index contributed by atoms with van der Waals surface area (Å²) in [5.41, 5.74) is 4.33. The summed E-state index contributed by atoms with van der Waals surface area (Å²) in [6.45, 7) is 0. The Hall–Kier alpha value is -4.18. The molecular formula is C26H20N4. The number of nitrogens with zero attached hydrogens (tertiary/aromatic N) is 4. The fraction of sp³-hybridized carbons (Fsp3) is 0. The first kappa shape index (κ1) is 19.2. The second kappa shape index (κ2) is 9.85. The fourth-order valence-corrected chi connectivity index (χ4v) is 2.72. The van der Waals surface area contributed by atoms with Crippen LogP contribution in [0.15, 0.2) is 107 Å². The van der Waals surface area contributed by atoms with Gasteiger partial charge in [-0.15, -0.1) is 0 Å². The van der Waals surface area contributed by atoms with Crippen molar-refractivity contribution in [3.63, 3.8) is 0 Å². The third-order valence-electron chi connectivity index (χ3n) is 4.33. The molecular weight excluding hydrogens is 368 g/mol. The topological polar surface area (TPSA) is 50.5 Å². The maximum Gasteiger partial charge on any atom is 0.151 e. The number of hydrogen-bond donors (Lipinski definition) is 0. The summed E-state index contributed by atoms with van der Waals surface area (Å²) in [5.74, 6) is 1.41. The van der Waals surface area contributed by atoms with Gasteiger partial charge < -0.3 is 0 Å². The van der Waals surface area contributed by atoms with Crippen LogP contribution in [0.5, 0.6) is 0 Å². The molecule has 0 aliphatic heterocycles. The SMILES string of the molecule is C(=Nc1ccccn1)c1ccc(/C=C/c2ccc(C=Nc3ccccn3)cc2)cc1. The molecule has 0 spiro atoms. The van der Waals surface area contributed by atoms with Gasteiger partial charge in [-0.05, 0) is 46.5 Å². The molecule has 30 heavy (non-hydrogen) atoms. The Bertz CT molecular complexity index is 1050. The van der Waals surface area contributed by atoms with Gasteiger partial charge in [0.25, 0.3) is 0 Å². The van der Waals surface area contributed by atoms with Crippen LogP contribution in [-0.2, 0) is 0 Å². The quantitative estimate of drug-likeness (QED) is 0.294. The highest BCUT2D eigenvalue weighted by Gasteiger charge is 1.93. The van der Waals surface area contributed by atoms with Gasteiger partial charge in [0.1, 0.15) is 0 Å². The summed E-state index contributed by atoms with van der Waals surface area (Å²) >= 11 is 0. The summed E-state index contributed by atoms with van der Waals surface area (Å²) in [6, 6.07) is 27.8. The van der Waals surface area contributed by atoms with Crippen molar-refractivity contribution >= 4 is 36.2 Å². The predicted octanol–water partition coefficient (Wildman–Crippen LogP) is 6.15. The van der Waals surface area contributed by atoms with Gasteiger partial charge in [0, 0.05) is 24.8 Å². The van der Waals surface area contributed by atoms with E-state index in [1.807, 2.05) is 73.1 Å². The van der Waals surface area contributed by atoms with E-state index < -0.39 is 0 Å². The maximum atomic E-state index is 4.37. The van der Waals surface area contributed by atoms with Crippen molar-refractivity contribution in [2.75, 3.05) is 0 Å². The Morgan fingerprint density at radius 1 is 0.467 bits per heavy atom. The zero-order chi connectivity index (χ0) is 20.4. The van der Waals surface area contributed by atoms with Crippen molar-refractivity contribution in [2.24, 2.45) is 9.98 Å². The van der Waals surface area contributed by atoms with E-state index in [0.717, 1.165) is 22.3 Å². The maximum absolute atomic E-state index is 4.37. The molecule has 2 aromatic heterocycles. The highest BCUT2D eigenvalue weighted by Crippen LogP contribution is 2.12. The van der Waals surface area contributed by atoms with Crippen LogP contribution < -0.4 is 0 Å².